The van der Waals surface area contributed by atoms with E-state index in [2.05, 4.69) is 0 Å². The molecule has 1 unspecified atom stereocenters. The summed E-state index contributed by atoms with van der Waals surface area (Å²) in [4.78, 5) is 0. The highest BCUT2D eigenvalue weighted by atomic mass is 19.1. The monoisotopic (exact) mass is 278 g/mol. The molecule has 20 heavy (non-hydrogen) atoms. The zero-order chi connectivity index (χ0) is 14.1. The first-order valence-corrected chi connectivity index (χ1v) is 6.18. The van der Waals surface area contributed by atoms with Crippen LogP contribution in [0.2, 0.25) is 0 Å². The van der Waals surface area contributed by atoms with Crippen molar-refractivity contribution in [3.63, 3.8) is 0 Å². The fourth-order valence-electron chi connectivity index (χ4n) is 2.20. The molecule has 0 aliphatic carbocycles. The molecule has 0 fully saturated rings. The van der Waals surface area contributed by atoms with Crippen molar-refractivity contribution in [2.45, 2.75) is 6.10 Å². The lowest BCUT2D eigenvalue weighted by Crippen LogP contribution is -2.17. The Morgan fingerprint density at radius 1 is 1.00 bits per heavy atom. The van der Waals surface area contributed by atoms with Gasteiger partial charge in [0.05, 0.1) is 0 Å². The number of fused-ring (bicyclic) bond motifs is 1. The van der Waals surface area contributed by atoms with Crippen molar-refractivity contribution in [2.24, 2.45) is 0 Å². The van der Waals surface area contributed by atoms with Gasteiger partial charge in [-0.25, -0.2) is 8.78 Å². The van der Waals surface area contributed by atoms with Gasteiger partial charge in [-0.3, -0.25) is 0 Å². The lowest BCUT2D eigenvalue weighted by atomic mass is 9.99. The average Bonchev–Trinajstić information content (AvgIpc) is 2.48. The van der Waals surface area contributed by atoms with Crippen LogP contribution < -0.4 is 9.47 Å². The fourth-order valence-corrected chi connectivity index (χ4v) is 2.20. The standard InChI is InChI=1S/C15H12F2O3/c16-9-4-5-12(17)11(8-9)14(18)10-2-1-3-13-15(10)20-7-6-19-13/h1-5,8,14,18H,6-7H2. The van der Waals surface area contributed by atoms with Gasteiger partial charge in [0.1, 0.15) is 31.0 Å². The van der Waals surface area contributed by atoms with Crippen molar-refractivity contribution < 1.29 is 23.4 Å². The van der Waals surface area contributed by atoms with Gasteiger partial charge in [-0.1, -0.05) is 12.1 Å². The lowest BCUT2D eigenvalue weighted by Gasteiger charge is -2.23. The zero-order valence-electron chi connectivity index (χ0n) is 10.5. The summed E-state index contributed by atoms with van der Waals surface area (Å²) in [5.74, 6) is -0.421. The van der Waals surface area contributed by atoms with Gasteiger partial charge < -0.3 is 14.6 Å². The molecule has 0 radical (unpaired) electrons. The van der Waals surface area contributed by atoms with Crippen molar-refractivity contribution >= 4 is 0 Å². The average molecular weight is 278 g/mol. The van der Waals surface area contributed by atoms with Crippen LogP contribution >= 0.6 is 0 Å². The first-order chi connectivity index (χ1) is 9.66. The van der Waals surface area contributed by atoms with E-state index in [4.69, 9.17) is 9.47 Å². The molecule has 0 spiro atoms. The third kappa shape index (κ3) is 2.20. The molecular weight excluding hydrogens is 266 g/mol. The second kappa shape index (κ2) is 5.09. The van der Waals surface area contributed by atoms with Crippen LogP contribution in [-0.4, -0.2) is 18.3 Å². The summed E-state index contributed by atoms with van der Waals surface area (Å²) in [7, 11) is 0. The van der Waals surface area contributed by atoms with Crippen LogP contribution in [-0.2, 0) is 0 Å². The summed E-state index contributed by atoms with van der Waals surface area (Å²) >= 11 is 0. The van der Waals surface area contributed by atoms with Crippen molar-refractivity contribution in [1.29, 1.82) is 0 Å². The molecule has 0 aromatic heterocycles. The summed E-state index contributed by atoms with van der Waals surface area (Å²) in [6, 6.07) is 7.94. The largest absolute Gasteiger partial charge is 0.486 e. The highest BCUT2D eigenvalue weighted by molar-refractivity contribution is 5.50. The normalized spacial score (nSPS) is 14.9. The third-order valence-corrected chi connectivity index (χ3v) is 3.14. The molecule has 2 aromatic carbocycles. The number of para-hydroxylation sites is 1. The van der Waals surface area contributed by atoms with E-state index < -0.39 is 17.7 Å². The number of ether oxygens (including phenoxy) is 2. The van der Waals surface area contributed by atoms with Crippen LogP contribution in [0.25, 0.3) is 0 Å². The van der Waals surface area contributed by atoms with Crippen LogP contribution in [0.3, 0.4) is 0 Å². The topological polar surface area (TPSA) is 38.7 Å². The lowest BCUT2D eigenvalue weighted by molar-refractivity contribution is 0.157. The minimum Gasteiger partial charge on any atom is -0.486 e. The van der Waals surface area contributed by atoms with E-state index in [9.17, 15) is 13.9 Å². The summed E-state index contributed by atoms with van der Waals surface area (Å²) in [6.07, 6.45) is -1.32. The van der Waals surface area contributed by atoms with Crippen molar-refractivity contribution in [2.75, 3.05) is 13.2 Å². The van der Waals surface area contributed by atoms with Crippen LogP contribution in [0, 0.1) is 11.6 Å². The molecular formula is C15H12F2O3. The highest BCUT2D eigenvalue weighted by Gasteiger charge is 2.24. The van der Waals surface area contributed by atoms with Crippen LogP contribution in [0.15, 0.2) is 36.4 Å². The number of benzene rings is 2. The van der Waals surface area contributed by atoms with Crippen molar-refractivity contribution in [3.8, 4) is 11.5 Å². The maximum Gasteiger partial charge on any atom is 0.167 e. The summed E-state index contributed by atoms with van der Waals surface area (Å²) in [5.41, 5.74) is 0.222. The van der Waals surface area contributed by atoms with E-state index in [0.717, 1.165) is 18.2 Å². The molecule has 1 N–H and O–H groups in total. The molecule has 104 valence electrons. The van der Waals surface area contributed by atoms with E-state index in [1.807, 2.05) is 0 Å². The minimum absolute atomic E-state index is 0.132. The van der Waals surface area contributed by atoms with Gasteiger partial charge in [0, 0.05) is 11.1 Å². The molecule has 5 heteroatoms. The maximum absolute atomic E-state index is 13.7. The molecule has 1 aliphatic heterocycles. The SMILES string of the molecule is OC(c1cc(F)ccc1F)c1cccc2c1OCCO2. The van der Waals surface area contributed by atoms with Gasteiger partial charge in [-0.2, -0.15) is 0 Å². The maximum atomic E-state index is 13.7. The Morgan fingerprint density at radius 3 is 2.65 bits per heavy atom. The Morgan fingerprint density at radius 2 is 1.80 bits per heavy atom. The molecule has 3 nitrogen and oxygen atoms in total. The van der Waals surface area contributed by atoms with Crippen molar-refractivity contribution in [1.82, 2.24) is 0 Å². The minimum atomic E-state index is -1.32. The van der Waals surface area contributed by atoms with E-state index in [1.165, 1.54) is 0 Å². The highest BCUT2D eigenvalue weighted by Crippen LogP contribution is 2.39. The predicted octanol–water partition coefficient (Wildman–Crippen LogP) is 2.82. The molecule has 1 aliphatic rings. The van der Waals surface area contributed by atoms with Gasteiger partial charge in [0.25, 0.3) is 0 Å². The van der Waals surface area contributed by atoms with Gasteiger partial charge in [0.2, 0.25) is 0 Å². The number of hydrogen-bond acceptors (Lipinski definition) is 3. The number of rotatable bonds is 2. The Hall–Kier alpha value is -2.14. The van der Waals surface area contributed by atoms with Gasteiger partial charge in [-0.15, -0.1) is 0 Å². The summed E-state index contributed by atoms with van der Waals surface area (Å²) in [6.45, 7) is 0.767. The molecule has 0 amide bonds. The van der Waals surface area contributed by atoms with Crippen LogP contribution in [0.4, 0.5) is 8.78 Å². The first-order valence-electron chi connectivity index (χ1n) is 6.18. The van der Waals surface area contributed by atoms with E-state index >= 15 is 0 Å². The molecule has 0 saturated carbocycles. The van der Waals surface area contributed by atoms with Crippen LogP contribution in [0.1, 0.15) is 17.2 Å². The Bertz CT molecular complexity index is 643. The number of aliphatic hydroxyl groups excluding tert-OH is 1. The number of halogens is 2. The zero-order valence-corrected chi connectivity index (χ0v) is 10.5. The quantitative estimate of drug-likeness (QED) is 0.918. The van der Waals surface area contributed by atoms with E-state index in [0.29, 0.717) is 30.3 Å². The van der Waals surface area contributed by atoms with E-state index in [1.54, 1.807) is 18.2 Å². The molecule has 0 bridgehead atoms. The molecule has 2 aromatic rings. The van der Waals surface area contributed by atoms with E-state index in [-0.39, 0.29) is 5.56 Å². The molecule has 3 rings (SSSR count). The second-order valence-corrected chi connectivity index (χ2v) is 4.44. The smallest absolute Gasteiger partial charge is 0.167 e. The Labute approximate surface area is 114 Å². The Kier molecular flexibility index (Phi) is 3.28. The molecule has 0 saturated heterocycles. The second-order valence-electron chi connectivity index (χ2n) is 4.44. The Balaban J connectivity index is 2.06. The first kappa shape index (κ1) is 12.9. The van der Waals surface area contributed by atoms with Crippen molar-refractivity contribution in [3.05, 3.63) is 59.2 Å². The number of aliphatic hydroxyl groups is 1. The van der Waals surface area contributed by atoms with Gasteiger partial charge in [-0.05, 0) is 24.3 Å². The van der Waals surface area contributed by atoms with Gasteiger partial charge in [0.15, 0.2) is 11.5 Å². The third-order valence-electron chi connectivity index (χ3n) is 3.14. The molecule has 1 atom stereocenters. The van der Waals surface area contributed by atoms with Crippen LogP contribution in [0.5, 0.6) is 11.5 Å². The fraction of sp³-hybridized carbons (Fsp3) is 0.200. The van der Waals surface area contributed by atoms with Gasteiger partial charge >= 0.3 is 0 Å². The molecule has 1 heterocycles. The summed E-state index contributed by atoms with van der Waals surface area (Å²) < 4.78 is 37.8. The number of hydrogen-bond donors (Lipinski definition) is 1. The predicted molar refractivity (Wildman–Crippen MR) is 67.9 cm³/mol. The summed E-state index contributed by atoms with van der Waals surface area (Å²) in [5, 5.41) is 10.3.